The Morgan fingerprint density at radius 2 is 2.00 bits per heavy atom. The summed E-state index contributed by atoms with van der Waals surface area (Å²) in [5.74, 6) is -4.63. The normalized spacial score (nSPS) is 10.3. The van der Waals surface area contributed by atoms with Gasteiger partial charge >= 0.3 is 5.97 Å². The number of aromatic nitrogens is 2. The highest BCUT2D eigenvalue weighted by atomic mass is 19.2. The third kappa shape index (κ3) is 2.97. The Bertz CT molecular complexity index is 656. The van der Waals surface area contributed by atoms with E-state index in [0.29, 0.717) is 12.1 Å². The number of carboxylic acid groups (broad SMARTS) is 1. The fourth-order valence-electron chi connectivity index (χ4n) is 1.56. The zero-order chi connectivity index (χ0) is 14.7. The summed E-state index contributed by atoms with van der Waals surface area (Å²) in [6.07, 6.45) is 3.00. The topological polar surface area (TPSA) is 84.2 Å². The molecule has 0 aliphatic carbocycles. The highest BCUT2D eigenvalue weighted by molar-refractivity contribution is 6.00. The number of benzene rings is 1. The molecule has 0 atom stereocenters. The predicted octanol–water partition coefficient (Wildman–Crippen LogP) is 1.50. The molecular formula is C12H9F2N3O3. The summed E-state index contributed by atoms with van der Waals surface area (Å²) in [6, 6.07) is 2.74. The van der Waals surface area contributed by atoms with Crippen molar-refractivity contribution in [3.05, 3.63) is 47.8 Å². The maximum absolute atomic E-state index is 13.1. The minimum Gasteiger partial charge on any atom is -0.478 e. The van der Waals surface area contributed by atoms with Crippen LogP contribution in [0.25, 0.3) is 0 Å². The second kappa shape index (κ2) is 5.47. The van der Waals surface area contributed by atoms with Crippen molar-refractivity contribution in [2.75, 3.05) is 5.32 Å². The zero-order valence-electron chi connectivity index (χ0n) is 10.0. The van der Waals surface area contributed by atoms with Crippen LogP contribution in [0.5, 0.6) is 0 Å². The van der Waals surface area contributed by atoms with Crippen molar-refractivity contribution < 1.29 is 23.5 Å². The molecule has 2 N–H and O–H groups in total. The van der Waals surface area contributed by atoms with Crippen LogP contribution >= 0.6 is 0 Å². The van der Waals surface area contributed by atoms with Crippen LogP contribution < -0.4 is 5.32 Å². The van der Waals surface area contributed by atoms with E-state index in [-0.39, 0.29) is 12.2 Å². The summed E-state index contributed by atoms with van der Waals surface area (Å²) >= 11 is 0. The lowest BCUT2D eigenvalue weighted by Gasteiger charge is -2.09. The van der Waals surface area contributed by atoms with Crippen LogP contribution in [0.3, 0.4) is 0 Å². The molecule has 1 aromatic heterocycles. The summed E-state index contributed by atoms with van der Waals surface area (Å²) in [4.78, 5) is 22.6. The van der Waals surface area contributed by atoms with Crippen molar-refractivity contribution in [1.29, 1.82) is 0 Å². The average Bonchev–Trinajstić information content (AvgIpc) is 2.85. The van der Waals surface area contributed by atoms with Crippen LogP contribution in [0.15, 0.2) is 30.6 Å². The number of nitrogens with zero attached hydrogens (tertiary/aromatic N) is 2. The van der Waals surface area contributed by atoms with Gasteiger partial charge in [-0.1, -0.05) is 0 Å². The molecule has 2 rings (SSSR count). The van der Waals surface area contributed by atoms with E-state index in [4.69, 9.17) is 5.11 Å². The Morgan fingerprint density at radius 1 is 1.30 bits per heavy atom. The summed E-state index contributed by atoms with van der Waals surface area (Å²) < 4.78 is 27.4. The second-order valence-electron chi connectivity index (χ2n) is 3.87. The first-order valence-electron chi connectivity index (χ1n) is 5.47. The SMILES string of the molecule is O=C(Cn1cccn1)Nc1cc(F)c(F)cc1C(=O)O. The van der Waals surface area contributed by atoms with Crippen LogP contribution in [-0.4, -0.2) is 26.8 Å². The van der Waals surface area contributed by atoms with Gasteiger partial charge in [-0.2, -0.15) is 5.10 Å². The van der Waals surface area contributed by atoms with Crippen LogP contribution in [0.2, 0.25) is 0 Å². The van der Waals surface area contributed by atoms with Gasteiger partial charge in [0, 0.05) is 18.5 Å². The minimum atomic E-state index is -1.47. The first kappa shape index (κ1) is 13.7. The Kier molecular flexibility index (Phi) is 3.74. The fraction of sp³-hybridized carbons (Fsp3) is 0.0833. The Morgan fingerprint density at radius 3 is 2.60 bits per heavy atom. The quantitative estimate of drug-likeness (QED) is 0.889. The number of aromatic carboxylic acids is 1. The summed E-state index contributed by atoms with van der Waals surface area (Å²) in [6.45, 7) is -0.176. The number of carbonyl (C=O) groups excluding carboxylic acids is 1. The van der Waals surface area contributed by atoms with Crippen LogP contribution in [0.1, 0.15) is 10.4 Å². The van der Waals surface area contributed by atoms with Gasteiger partial charge in [0.15, 0.2) is 11.6 Å². The highest BCUT2D eigenvalue weighted by Gasteiger charge is 2.17. The Balaban J connectivity index is 2.22. The summed E-state index contributed by atoms with van der Waals surface area (Å²) in [7, 11) is 0. The van der Waals surface area contributed by atoms with Gasteiger partial charge in [-0.25, -0.2) is 13.6 Å². The van der Waals surface area contributed by atoms with Gasteiger partial charge in [0.05, 0.1) is 11.3 Å². The molecule has 0 saturated carbocycles. The summed E-state index contributed by atoms with van der Waals surface area (Å²) in [5.41, 5.74) is -0.841. The molecule has 1 amide bonds. The molecule has 0 bridgehead atoms. The number of amides is 1. The number of hydrogen-bond acceptors (Lipinski definition) is 3. The zero-order valence-corrected chi connectivity index (χ0v) is 10.0. The number of rotatable bonds is 4. The smallest absolute Gasteiger partial charge is 0.337 e. The van der Waals surface area contributed by atoms with Crippen LogP contribution in [0, 0.1) is 11.6 Å². The molecule has 0 aliphatic rings. The molecule has 20 heavy (non-hydrogen) atoms. The first-order valence-corrected chi connectivity index (χ1v) is 5.47. The number of anilines is 1. The van der Waals surface area contributed by atoms with Crippen molar-refractivity contribution in [1.82, 2.24) is 9.78 Å². The maximum atomic E-state index is 13.1. The molecule has 2 aromatic rings. The van der Waals surface area contributed by atoms with E-state index in [2.05, 4.69) is 10.4 Å². The third-order valence-electron chi connectivity index (χ3n) is 2.43. The molecule has 104 valence electrons. The molecule has 0 unspecified atom stereocenters. The van der Waals surface area contributed by atoms with Gasteiger partial charge < -0.3 is 10.4 Å². The standard InChI is InChI=1S/C12H9F2N3O3/c13-8-4-7(12(19)20)10(5-9(8)14)16-11(18)6-17-3-1-2-15-17/h1-5H,6H2,(H,16,18)(H,19,20). The van der Waals surface area contributed by atoms with E-state index >= 15 is 0 Å². The van der Waals surface area contributed by atoms with Gasteiger partial charge in [-0.3, -0.25) is 9.48 Å². The Hall–Kier alpha value is -2.77. The number of nitrogens with one attached hydrogen (secondary N) is 1. The molecule has 0 aliphatic heterocycles. The van der Waals surface area contributed by atoms with E-state index < -0.39 is 29.1 Å². The largest absolute Gasteiger partial charge is 0.478 e. The maximum Gasteiger partial charge on any atom is 0.337 e. The third-order valence-corrected chi connectivity index (χ3v) is 2.43. The van der Waals surface area contributed by atoms with Gasteiger partial charge in [0.1, 0.15) is 6.54 Å². The van der Waals surface area contributed by atoms with Crippen molar-refractivity contribution >= 4 is 17.6 Å². The fourth-order valence-corrected chi connectivity index (χ4v) is 1.56. The van der Waals surface area contributed by atoms with E-state index in [1.54, 1.807) is 6.07 Å². The number of carboxylic acids is 1. The van der Waals surface area contributed by atoms with E-state index in [0.717, 1.165) is 0 Å². The molecule has 0 saturated heterocycles. The van der Waals surface area contributed by atoms with Crippen LogP contribution in [0.4, 0.5) is 14.5 Å². The molecule has 0 spiro atoms. The highest BCUT2D eigenvalue weighted by Crippen LogP contribution is 2.20. The van der Waals surface area contributed by atoms with Crippen molar-refractivity contribution in [3.8, 4) is 0 Å². The molecule has 1 aromatic carbocycles. The van der Waals surface area contributed by atoms with Crippen molar-refractivity contribution in [2.24, 2.45) is 0 Å². The first-order chi connectivity index (χ1) is 9.47. The van der Waals surface area contributed by atoms with Gasteiger partial charge in [-0.15, -0.1) is 0 Å². The molecule has 1 heterocycles. The number of halogens is 2. The monoisotopic (exact) mass is 281 g/mol. The van der Waals surface area contributed by atoms with Gasteiger partial charge in [0.25, 0.3) is 0 Å². The number of carbonyl (C=O) groups is 2. The molecule has 6 nitrogen and oxygen atoms in total. The lowest BCUT2D eigenvalue weighted by Crippen LogP contribution is -2.20. The molecule has 0 fully saturated rings. The second-order valence-corrected chi connectivity index (χ2v) is 3.87. The van der Waals surface area contributed by atoms with E-state index in [1.165, 1.54) is 17.1 Å². The van der Waals surface area contributed by atoms with Gasteiger partial charge in [-0.05, 0) is 12.1 Å². The van der Waals surface area contributed by atoms with Crippen molar-refractivity contribution in [2.45, 2.75) is 6.54 Å². The lowest BCUT2D eigenvalue weighted by atomic mass is 10.1. The minimum absolute atomic E-state index is 0.176. The molecule has 0 radical (unpaired) electrons. The van der Waals surface area contributed by atoms with E-state index in [9.17, 15) is 18.4 Å². The predicted molar refractivity (Wildman–Crippen MR) is 64.2 cm³/mol. The average molecular weight is 281 g/mol. The molecule has 8 heteroatoms. The number of hydrogen-bond donors (Lipinski definition) is 2. The lowest BCUT2D eigenvalue weighted by molar-refractivity contribution is -0.116. The van der Waals surface area contributed by atoms with Crippen molar-refractivity contribution in [3.63, 3.8) is 0 Å². The molecular weight excluding hydrogens is 272 g/mol. The van der Waals surface area contributed by atoms with E-state index in [1.807, 2.05) is 0 Å². The van der Waals surface area contributed by atoms with Gasteiger partial charge in [0.2, 0.25) is 5.91 Å². The Labute approximate surface area is 111 Å². The van der Waals surface area contributed by atoms with Crippen LogP contribution in [-0.2, 0) is 11.3 Å². The summed E-state index contributed by atoms with van der Waals surface area (Å²) in [5, 5.41) is 14.9.